The molecule has 0 aliphatic carbocycles. The molecule has 0 saturated carbocycles. The van der Waals surface area contributed by atoms with E-state index in [9.17, 15) is 23.1 Å². The summed E-state index contributed by atoms with van der Waals surface area (Å²) >= 11 is 0. The standard InChI is InChI=1S/C22H24F3N5O2/c1-13-5-7-15(8-6-13)17-9-18(28(4)27-17)19(31)29-11-14(2)30-16(12-29)10-26-20(30)21(3,32)22(23,24)25/h5-10,14,32H,11-12H2,1-4H3/t14-,21+/m0/s1. The van der Waals surface area contributed by atoms with Gasteiger partial charge in [0.25, 0.3) is 5.91 Å². The highest BCUT2D eigenvalue weighted by molar-refractivity contribution is 5.93. The number of carbonyl (C=O) groups is 1. The van der Waals surface area contributed by atoms with Gasteiger partial charge in [0.2, 0.25) is 5.60 Å². The molecule has 7 nitrogen and oxygen atoms in total. The van der Waals surface area contributed by atoms with Crippen LogP contribution < -0.4 is 0 Å². The van der Waals surface area contributed by atoms with E-state index in [1.165, 1.54) is 15.4 Å². The number of benzene rings is 1. The maximum atomic E-state index is 13.4. The van der Waals surface area contributed by atoms with E-state index in [1.54, 1.807) is 24.9 Å². The van der Waals surface area contributed by atoms with Crippen LogP contribution in [-0.4, -0.2) is 48.0 Å². The minimum atomic E-state index is -4.87. The largest absolute Gasteiger partial charge is 0.424 e. The number of aliphatic hydroxyl groups is 1. The molecule has 3 heterocycles. The van der Waals surface area contributed by atoms with Gasteiger partial charge in [0.05, 0.1) is 30.2 Å². The smallest absolute Gasteiger partial charge is 0.374 e. The lowest BCUT2D eigenvalue weighted by molar-refractivity contribution is -0.263. The fourth-order valence-electron chi connectivity index (χ4n) is 4.00. The van der Waals surface area contributed by atoms with E-state index in [-0.39, 0.29) is 19.0 Å². The molecule has 0 fully saturated rings. The zero-order valence-electron chi connectivity index (χ0n) is 18.2. The molecule has 32 heavy (non-hydrogen) atoms. The van der Waals surface area contributed by atoms with Gasteiger partial charge in [-0.2, -0.15) is 18.3 Å². The Hall–Kier alpha value is -3.14. The second-order valence-corrected chi connectivity index (χ2v) is 8.45. The molecule has 0 spiro atoms. The van der Waals surface area contributed by atoms with Crippen molar-refractivity contribution in [1.82, 2.24) is 24.2 Å². The Morgan fingerprint density at radius 2 is 1.88 bits per heavy atom. The number of hydrogen-bond donors (Lipinski definition) is 1. The topological polar surface area (TPSA) is 76.2 Å². The van der Waals surface area contributed by atoms with Crippen LogP contribution >= 0.6 is 0 Å². The highest BCUT2D eigenvalue weighted by atomic mass is 19.4. The van der Waals surface area contributed by atoms with Gasteiger partial charge in [-0.15, -0.1) is 0 Å². The van der Waals surface area contributed by atoms with Crippen molar-refractivity contribution >= 4 is 5.91 Å². The van der Waals surface area contributed by atoms with Gasteiger partial charge in [0.15, 0.2) is 5.82 Å². The van der Waals surface area contributed by atoms with Crippen LogP contribution in [0.25, 0.3) is 11.3 Å². The summed E-state index contributed by atoms with van der Waals surface area (Å²) in [6, 6.07) is 9.00. The fourth-order valence-corrected chi connectivity index (χ4v) is 4.00. The third-order valence-corrected chi connectivity index (χ3v) is 5.87. The summed E-state index contributed by atoms with van der Waals surface area (Å²) < 4.78 is 42.9. The number of aromatic nitrogens is 4. The monoisotopic (exact) mass is 447 g/mol. The number of hydrogen-bond acceptors (Lipinski definition) is 4. The summed E-state index contributed by atoms with van der Waals surface area (Å²) in [5, 5.41) is 14.5. The Kier molecular flexibility index (Phi) is 5.15. The first kappa shape index (κ1) is 22.1. The van der Waals surface area contributed by atoms with Crippen LogP contribution in [0.3, 0.4) is 0 Å². The van der Waals surface area contributed by atoms with Gasteiger partial charge in [-0.3, -0.25) is 9.48 Å². The fraction of sp³-hybridized carbons (Fsp3) is 0.409. The average Bonchev–Trinajstić information content (AvgIpc) is 3.31. The summed E-state index contributed by atoms with van der Waals surface area (Å²) in [6.07, 6.45) is -3.59. The second kappa shape index (κ2) is 7.47. The Balaban J connectivity index is 1.62. The summed E-state index contributed by atoms with van der Waals surface area (Å²) in [7, 11) is 1.68. The van der Waals surface area contributed by atoms with Crippen molar-refractivity contribution in [2.75, 3.05) is 6.54 Å². The second-order valence-electron chi connectivity index (χ2n) is 8.45. The first-order valence-corrected chi connectivity index (χ1v) is 10.2. The molecule has 1 N–H and O–H groups in total. The van der Waals surface area contributed by atoms with Gasteiger partial charge in [-0.25, -0.2) is 4.98 Å². The first-order chi connectivity index (χ1) is 14.9. The minimum Gasteiger partial charge on any atom is -0.374 e. The van der Waals surface area contributed by atoms with E-state index in [0.717, 1.165) is 11.1 Å². The summed E-state index contributed by atoms with van der Waals surface area (Å²) in [4.78, 5) is 18.7. The van der Waals surface area contributed by atoms with Crippen molar-refractivity contribution in [3.05, 3.63) is 59.3 Å². The lowest BCUT2D eigenvalue weighted by atomic mass is 10.0. The van der Waals surface area contributed by atoms with E-state index in [1.807, 2.05) is 31.2 Å². The summed E-state index contributed by atoms with van der Waals surface area (Å²) in [5.41, 5.74) is 0.379. The van der Waals surface area contributed by atoms with Crippen molar-refractivity contribution in [3.63, 3.8) is 0 Å². The van der Waals surface area contributed by atoms with E-state index in [0.29, 0.717) is 24.0 Å². The van der Waals surface area contributed by atoms with E-state index < -0.39 is 23.6 Å². The van der Waals surface area contributed by atoms with Crippen molar-refractivity contribution in [2.45, 2.75) is 45.1 Å². The number of nitrogens with zero attached hydrogens (tertiary/aromatic N) is 5. The normalized spacial score (nSPS) is 18.4. The van der Waals surface area contributed by atoms with Crippen LogP contribution in [0, 0.1) is 6.92 Å². The number of rotatable bonds is 3. The van der Waals surface area contributed by atoms with Crippen LogP contribution in [0.4, 0.5) is 13.2 Å². The number of aryl methyl sites for hydroxylation is 2. The molecule has 170 valence electrons. The van der Waals surface area contributed by atoms with Crippen molar-refractivity contribution in [1.29, 1.82) is 0 Å². The lowest BCUT2D eigenvalue weighted by Gasteiger charge is -2.36. The molecule has 0 radical (unpaired) electrons. The predicted molar refractivity (Wildman–Crippen MR) is 111 cm³/mol. The Labute approximate surface area is 183 Å². The molecule has 10 heteroatoms. The third-order valence-electron chi connectivity index (χ3n) is 5.87. The number of alkyl halides is 3. The molecule has 1 aliphatic rings. The Morgan fingerprint density at radius 1 is 1.22 bits per heavy atom. The molecule has 0 saturated heterocycles. The minimum absolute atomic E-state index is 0.0785. The zero-order valence-corrected chi connectivity index (χ0v) is 18.2. The maximum absolute atomic E-state index is 13.4. The SMILES string of the molecule is Cc1ccc(-c2cc(C(=O)N3Cc4cnc([C@@](C)(O)C(F)(F)F)n4[C@@H](C)C3)n(C)n2)cc1. The molecule has 0 unspecified atom stereocenters. The van der Waals surface area contributed by atoms with E-state index >= 15 is 0 Å². The number of imidazole rings is 1. The van der Waals surface area contributed by atoms with Crippen molar-refractivity contribution < 1.29 is 23.1 Å². The Bertz CT molecular complexity index is 1160. The highest BCUT2D eigenvalue weighted by Crippen LogP contribution is 2.40. The van der Waals surface area contributed by atoms with Crippen molar-refractivity contribution in [3.8, 4) is 11.3 Å². The summed E-state index contributed by atoms with van der Waals surface area (Å²) in [6.45, 7) is 4.62. The van der Waals surface area contributed by atoms with Crippen LogP contribution in [-0.2, 0) is 19.2 Å². The van der Waals surface area contributed by atoms with Crippen LogP contribution in [0.5, 0.6) is 0 Å². The third kappa shape index (κ3) is 3.58. The number of amides is 1. The van der Waals surface area contributed by atoms with Gasteiger partial charge in [0, 0.05) is 19.2 Å². The van der Waals surface area contributed by atoms with Gasteiger partial charge >= 0.3 is 6.18 Å². The van der Waals surface area contributed by atoms with Gasteiger partial charge in [-0.1, -0.05) is 29.8 Å². The highest BCUT2D eigenvalue weighted by Gasteiger charge is 2.55. The molecule has 2 atom stereocenters. The average molecular weight is 447 g/mol. The lowest BCUT2D eigenvalue weighted by Crippen LogP contribution is -2.45. The van der Waals surface area contributed by atoms with Crippen LogP contribution in [0.2, 0.25) is 0 Å². The molecule has 1 amide bonds. The Morgan fingerprint density at radius 3 is 2.50 bits per heavy atom. The number of carbonyl (C=O) groups excluding carboxylic acids is 1. The number of halogens is 3. The molecular weight excluding hydrogens is 423 g/mol. The van der Waals surface area contributed by atoms with Crippen LogP contribution in [0.15, 0.2) is 36.5 Å². The van der Waals surface area contributed by atoms with E-state index in [2.05, 4.69) is 10.1 Å². The molecular formula is C22H24F3N5O2. The predicted octanol–water partition coefficient (Wildman–Crippen LogP) is 3.58. The van der Waals surface area contributed by atoms with Gasteiger partial charge in [-0.05, 0) is 26.8 Å². The van der Waals surface area contributed by atoms with E-state index in [4.69, 9.17) is 0 Å². The molecule has 0 bridgehead atoms. The molecule has 3 aromatic rings. The number of fused-ring (bicyclic) bond motifs is 1. The van der Waals surface area contributed by atoms with Gasteiger partial charge < -0.3 is 14.6 Å². The zero-order chi connectivity index (χ0) is 23.4. The molecule has 1 aromatic carbocycles. The molecule has 2 aromatic heterocycles. The first-order valence-electron chi connectivity index (χ1n) is 10.2. The quantitative estimate of drug-likeness (QED) is 0.666. The van der Waals surface area contributed by atoms with Gasteiger partial charge in [0.1, 0.15) is 5.69 Å². The molecule has 4 rings (SSSR count). The summed E-state index contributed by atoms with van der Waals surface area (Å²) in [5.74, 6) is -0.747. The van der Waals surface area contributed by atoms with Crippen molar-refractivity contribution in [2.24, 2.45) is 7.05 Å². The van der Waals surface area contributed by atoms with Crippen LogP contribution in [0.1, 0.15) is 47.5 Å². The molecule has 1 aliphatic heterocycles. The maximum Gasteiger partial charge on any atom is 0.424 e.